The van der Waals surface area contributed by atoms with E-state index in [-0.39, 0.29) is 35.9 Å². The Labute approximate surface area is 114 Å². The lowest BCUT2D eigenvalue weighted by Gasteiger charge is -2.28. The Morgan fingerprint density at radius 3 is 2.37 bits per heavy atom. The highest BCUT2D eigenvalue weighted by molar-refractivity contribution is 5.79. The summed E-state index contributed by atoms with van der Waals surface area (Å²) >= 11 is 0. The van der Waals surface area contributed by atoms with Crippen molar-refractivity contribution in [3.8, 4) is 0 Å². The summed E-state index contributed by atoms with van der Waals surface area (Å²) in [6, 6.07) is 0.198. The van der Waals surface area contributed by atoms with Crippen LogP contribution in [-0.2, 0) is 19.1 Å². The first-order chi connectivity index (χ1) is 9.10. The van der Waals surface area contributed by atoms with Gasteiger partial charge in [0, 0.05) is 6.04 Å². The van der Waals surface area contributed by atoms with Gasteiger partial charge >= 0.3 is 5.97 Å². The third-order valence-corrected chi connectivity index (χ3v) is 4.18. The Morgan fingerprint density at radius 2 is 1.84 bits per heavy atom. The van der Waals surface area contributed by atoms with Gasteiger partial charge in [-0.3, -0.25) is 9.59 Å². The third kappa shape index (κ3) is 3.69. The van der Waals surface area contributed by atoms with Crippen LogP contribution in [0.2, 0.25) is 0 Å². The van der Waals surface area contributed by atoms with Crippen LogP contribution in [0.1, 0.15) is 39.0 Å². The molecule has 0 radical (unpaired) electrons. The summed E-state index contributed by atoms with van der Waals surface area (Å²) in [5.41, 5.74) is 0. The van der Waals surface area contributed by atoms with E-state index in [0.717, 1.165) is 32.1 Å². The van der Waals surface area contributed by atoms with Crippen LogP contribution in [0.25, 0.3) is 0 Å². The average Bonchev–Trinajstić information content (AvgIpc) is 2.85. The molecule has 5 nitrogen and oxygen atoms in total. The van der Waals surface area contributed by atoms with Crippen LogP contribution in [-0.4, -0.2) is 37.7 Å². The van der Waals surface area contributed by atoms with Gasteiger partial charge in [0.2, 0.25) is 5.91 Å². The molecule has 1 aliphatic carbocycles. The van der Waals surface area contributed by atoms with Crippen molar-refractivity contribution in [3.63, 3.8) is 0 Å². The number of hydrogen-bond acceptors (Lipinski definition) is 4. The molecule has 0 spiro atoms. The molecule has 19 heavy (non-hydrogen) atoms. The fourth-order valence-electron chi connectivity index (χ4n) is 2.96. The maximum absolute atomic E-state index is 12.0. The predicted octanol–water partition coefficient (Wildman–Crippen LogP) is 1.26. The molecule has 1 saturated heterocycles. The first kappa shape index (κ1) is 14.3. The van der Waals surface area contributed by atoms with E-state index in [4.69, 9.17) is 9.47 Å². The molecule has 0 aromatic rings. The summed E-state index contributed by atoms with van der Waals surface area (Å²) < 4.78 is 10.2. The van der Waals surface area contributed by atoms with E-state index >= 15 is 0 Å². The summed E-state index contributed by atoms with van der Waals surface area (Å²) in [4.78, 5) is 23.5. The van der Waals surface area contributed by atoms with Gasteiger partial charge in [0.15, 0.2) is 0 Å². The zero-order valence-corrected chi connectivity index (χ0v) is 11.7. The minimum Gasteiger partial charge on any atom is -0.469 e. The highest BCUT2D eigenvalue weighted by atomic mass is 16.5. The summed E-state index contributed by atoms with van der Waals surface area (Å²) in [6.45, 7) is 2.53. The van der Waals surface area contributed by atoms with Crippen molar-refractivity contribution < 1.29 is 19.1 Å². The van der Waals surface area contributed by atoms with Crippen LogP contribution in [0.4, 0.5) is 0 Å². The van der Waals surface area contributed by atoms with Gasteiger partial charge in [0.1, 0.15) is 0 Å². The number of ether oxygens (including phenoxy) is 2. The molecule has 2 unspecified atom stereocenters. The summed E-state index contributed by atoms with van der Waals surface area (Å²) in [5.74, 6) is -0.0185. The lowest BCUT2D eigenvalue weighted by atomic mass is 9.86. The van der Waals surface area contributed by atoms with Crippen LogP contribution in [0.3, 0.4) is 0 Å². The normalized spacial score (nSPS) is 34.8. The van der Waals surface area contributed by atoms with Gasteiger partial charge in [-0.15, -0.1) is 0 Å². The summed E-state index contributed by atoms with van der Waals surface area (Å²) in [7, 11) is 1.43. The number of amides is 1. The fraction of sp³-hybridized carbons (Fsp3) is 0.857. The van der Waals surface area contributed by atoms with Crippen LogP contribution in [0, 0.1) is 11.8 Å². The van der Waals surface area contributed by atoms with Gasteiger partial charge in [-0.05, 0) is 39.0 Å². The molecule has 1 amide bonds. The predicted molar refractivity (Wildman–Crippen MR) is 69.4 cm³/mol. The molecule has 0 bridgehead atoms. The number of esters is 1. The van der Waals surface area contributed by atoms with E-state index in [9.17, 15) is 9.59 Å². The Kier molecular flexibility index (Phi) is 4.80. The SMILES string of the molecule is COC(=O)C1CCC(NC(=O)C2COC(C)C2)CC1. The molecule has 5 heteroatoms. The third-order valence-electron chi connectivity index (χ3n) is 4.18. The van der Waals surface area contributed by atoms with Crippen molar-refractivity contribution in [2.45, 2.75) is 51.2 Å². The maximum atomic E-state index is 12.0. The molecule has 1 N–H and O–H groups in total. The molecule has 1 aliphatic heterocycles. The second-order valence-corrected chi connectivity index (χ2v) is 5.66. The van der Waals surface area contributed by atoms with E-state index in [0.29, 0.717) is 6.61 Å². The van der Waals surface area contributed by atoms with E-state index < -0.39 is 0 Å². The van der Waals surface area contributed by atoms with E-state index in [1.807, 2.05) is 6.92 Å². The summed E-state index contributed by atoms with van der Waals surface area (Å²) in [5, 5.41) is 3.09. The van der Waals surface area contributed by atoms with Gasteiger partial charge in [0.05, 0.1) is 31.7 Å². The first-order valence-corrected chi connectivity index (χ1v) is 7.10. The lowest BCUT2D eigenvalue weighted by molar-refractivity contribution is -0.146. The monoisotopic (exact) mass is 269 g/mol. The molecule has 0 aromatic carbocycles. The van der Waals surface area contributed by atoms with Crippen molar-refractivity contribution in [1.82, 2.24) is 5.32 Å². The standard InChI is InChI=1S/C14H23NO4/c1-9-7-11(8-19-9)13(16)15-12-5-3-10(4-6-12)14(17)18-2/h9-12H,3-8H2,1-2H3,(H,15,16). The lowest BCUT2D eigenvalue weighted by Crippen LogP contribution is -2.42. The quantitative estimate of drug-likeness (QED) is 0.783. The number of carbonyl (C=O) groups excluding carboxylic acids is 2. The Balaban J connectivity index is 1.73. The smallest absolute Gasteiger partial charge is 0.308 e. The van der Waals surface area contributed by atoms with Crippen LogP contribution < -0.4 is 5.32 Å². The zero-order chi connectivity index (χ0) is 13.8. The highest BCUT2D eigenvalue weighted by Crippen LogP contribution is 2.26. The van der Waals surface area contributed by atoms with Crippen molar-refractivity contribution in [2.24, 2.45) is 11.8 Å². The molecule has 2 atom stereocenters. The number of nitrogens with one attached hydrogen (secondary N) is 1. The van der Waals surface area contributed by atoms with Crippen molar-refractivity contribution >= 4 is 11.9 Å². The molecular formula is C14H23NO4. The van der Waals surface area contributed by atoms with E-state index in [2.05, 4.69) is 5.32 Å². The molecule has 1 saturated carbocycles. The molecule has 2 rings (SSSR count). The first-order valence-electron chi connectivity index (χ1n) is 7.10. The second-order valence-electron chi connectivity index (χ2n) is 5.66. The van der Waals surface area contributed by atoms with Crippen molar-refractivity contribution in [2.75, 3.05) is 13.7 Å². The molecule has 0 aromatic heterocycles. The molecule has 2 aliphatic rings. The molecule has 1 heterocycles. The minimum absolute atomic E-state index is 0.00618. The van der Waals surface area contributed by atoms with Crippen LogP contribution in [0.15, 0.2) is 0 Å². The number of rotatable bonds is 3. The van der Waals surface area contributed by atoms with Crippen LogP contribution >= 0.6 is 0 Å². The largest absolute Gasteiger partial charge is 0.469 e. The molecule has 108 valence electrons. The fourth-order valence-corrected chi connectivity index (χ4v) is 2.96. The van der Waals surface area contributed by atoms with Gasteiger partial charge in [0.25, 0.3) is 0 Å². The van der Waals surface area contributed by atoms with E-state index in [1.54, 1.807) is 0 Å². The van der Waals surface area contributed by atoms with Gasteiger partial charge in [-0.25, -0.2) is 0 Å². The molecular weight excluding hydrogens is 246 g/mol. The van der Waals surface area contributed by atoms with Gasteiger partial charge < -0.3 is 14.8 Å². The highest BCUT2D eigenvalue weighted by Gasteiger charge is 2.32. The number of hydrogen-bond donors (Lipinski definition) is 1. The number of methoxy groups -OCH3 is 1. The second kappa shape index (κ2) is 6.37. The maximum Gasteiger partial charge on any atom is 0.308 e. The Bertz CT molecular complexity index is 336. The number of carbonyl (C=O) groups is 2. The zero-order valence-electron chi connectivity index (χ0n) is 11.7. The van der Waals surface area contributed by atoms with Gasteiger partial charge in [-0.1, -0.05) is 0 Å². The van der Waals surface area contributed by atoms with Crippen molar-refractivity contribution in [1.29, 1.82) is 0 Å². The molecule has 2 fully saturated rings. The minimum atomic E-state index is -0.122. The Morgan fingerprint density at radius 1 is 1.16 bits per heavy atom. The van der Waals surface area contributed by atoms with Gasteiger partial charge in [-0.2, -0.15) is 0 Å². The van der Waals surface area contributed by atoms with Crippen LogP contribution in [0.5, 0.6) is 0 Å². The average molecular weight is 269 g/mol. The van der Waals surface area contributed by atoms with Crippen molar-refractivity contribution in [3.05, 3.63) is 0 Å². The topological polar surface area (TPSA) is 64.6 Å². The summed E-state index contributed by atoms with van der Waals surface area (Å²) in [6.07, 6.45) is 4.31. The Hall–Kier alpha value is -1.10. The van der Waals surface area contributed by atoms with E-state index in [1.165, 1.54) is 7.11 Å².